The van der Waals surface area contributed by atoms with Crippen LogP contribution in [0.4, 0.5) is 0 Å². The van der Waals surface area contributed by atoms with Gasteiger partial charge in [-0.15, -0.1) is 10.2 Å². The molecule has 1 aliphatic heterocycles. The second-order valence-electron chi connectivity index (χ2n) is 4.82. The van der Waals surface area contributed by atoms with E-state index < -0.39 is 11.5 Å². The van der Waals surface area contributed by atoms with Gasteiger partial charge in [0, 0.05) is 7.05 Å². The summed E-state index contributed by atoms with van der Waals surface area (Å²) in [7, 11) is 1.87. The minimum Gasteiger partial charge on any atom is -0.480 e. The first-order valence-electron chi connectivity index (χ1n) is 5.85. The molecular formula is C11H18N4O2. The molecule has 1 aromatic rings. The van der Waals surface area contributed by atoms with Crippen molar-refractivity contribution in [3.8, 4) is 0 Å². The maximum atomic E-state index is 11.4. The van der Waals surface area contributed by atoms with Crippen LogP contribution in [0.1, 0.15) is 32.0 Å². The number of aryl methyl sites for hydroxylation is 1. The number of carbonyl (C=O) groups is 1. The maximum absolute atomic E-state index is 11.4. The van der Waals surface area contributed by atoms with Gasteiger partial charge < -0.3 is 9.67 Å². The Hall–Kier alpha value is -1.43. The van der Waals surface area contributed by atoms with Crippen molar-refractivity contribution >= 4 is 5.97 Å². The molecule has 1 fully saturated rings. The quantitative estimate of drug-likeness (QED) is 0.837. The van der Waals surface area contributed by atoms with Gasteiger partial charge in [0.1, 0.15) is 17.7 Å². The molecule has 0 aromatic carbocycles. The van der Waals surface area contributed by atoms with Crippen molar-refractivity contribution in [2.75, 3.05) is 6.54 Å². The Kier molecular flexibility index (Phi) is 3.15. The van der Waals surface area contributed by atoms with Gasteiger partial charge >= 0.3 is 5.97 Å². The Morgan fingerprint density at radius 3 is 2.94 bits per heavy atom. The molecule has 0 bridgehead atoms. The maximum Gasteiger partial charge on any atom is 0.323 e. The zero-order chi connectivity index (χ0) is 12.5. The average Bonchev–Trinajstić information content (AvgIpc) is 2.68. The van der Waals surface area contributed by atoms with Gasteiger partial charge in [-0.25, -0.2) is 0 Å². The van der Waals surface area contributed by atoms with Crippen LogP contribution < -0.4 is 0 Å². The van der Waals surface area contributed by atoms with Crippen LogP contribution in [0.5, 0.6) is 0 Å². The molecule has 94 valence electrons. The highest BCUT2D eigenvalue weighted by Crippen LogP contribution is 2.29. The fourth-order valence-electron chi connectivity index (χ4n) is 2.29. The molecule has 1 aromatic heterocycles. The summed E-state index contributed by atoms with van der Waals surface area (Å²) >= 11 is 0. The molecule has 2 heterocycles. The number of carboxylic acids is 1. The summed E-state index contributed by atoms with van der Waals surface area (Å²) in [6, 6.07) is 0. The Morgan fingerprint density at radius 2 is 2.35 bits per heavy atom. The molecule has 1 N–H and O–H groups in total. The molecule has 1 unspecified atom stereocenters. The van der Waals surface area contributed by atoms with Gasteiger partial charge in [0.05, 0.1) is 6.54 Å². The predicted octanol–water partition coefficient (Wildman–Crippen LogP) is 0.644. The topological polar surface area (TPSA) is 71.2 Å². The second kappa shape index (κ2) is 4.44. The van der Waals surface area contributed by atoms with Crippen molar-refractivity contribution in [2.24, 2.45) is 7.05 Å². The molecular weight excluding hydrogens is 220 g/mol. The summed E-state index contributed by atoms with van der Waals surface area (Å²) in [4.78, 5) is 13.4. The van der Waals surface area contributed by atoms with Crippen molar-refractivity contribution in [3.63, 3.8) is 0 Å². The fourth-order valence-corrected chi connectivity index (χ4v) is 2.29. The lowest BCUT2D eigenvalue weighted by atomic mass is 9.88. The van der Waals surface area contributed by atoms with Gasteiger partial charge in [-0.05, 0) is 32.7 Å². The van der Waals surface area contributed by atoms with E-state index >= 15 is 0 Å². The van der Waals surface area contributed by atoms with Crippen molar-refractivity contribution < 1.29 is 9.90 Å². The van der Waals surface area contributed by atoms with E-state index in [1.807, 2.05) is 16.5 Å². The molecule has 17 heavy (non-hydrogen) atoms. The second-order valence-corrected chi connectivity index (χ2v) is 4.82. The Morgan fingerprint density at radius 1 is 1.59 bits per heavy atom. The Labute approximate surface area is 100 Å². The highest BCUT2D eigenvalue weighted by molar-refractivity contribution is 5.78. The van der Waals surface area contributed by atoms with Gasteiger partial charge in [-0.2, -0.15) is 0 Å². The predicted molar refractivity (Wildman–Crippen MR) is 61.3 cm³/mol. The number of aromatic nitrogens is 3. The number of carboxylic acid groups (broad SMARTS) is 1. The monoisotopic (exact) mass is 238 g/mol. The third-order valence-corrected chi connectivity index (χ3v) is 3.64. The number of rotatable bonds is 3. The summed E-state index contributed by atoms with van der Waals surface area (Å²) in [6.07, 6.45) is 4.34. The van der Waals surface area contributed by atoms with E-state index in [1.54, 1.807) is 13.3 Å². The molecule has 0 saturated carbocycles. The van der Waals surface area contributed by atoms with Crippen LogP contribution in [-0.2, 0) is 18.4 Å². The SMILES string of the molecule is Cn1cnnc1CN1CCCCC1(C)C(=O)O. The van der Waals surface area contributed by atoms with Crippen molar-refractivity contribution in [1.82, 2.24) is 19.7 Å². The Balaban J connectivity index is 2.18. The van der Waals surface area contributed by atoms with Crippen LogP contribution in [0.2, 0.25) is 0 Å². The first kappa shape index (κ1) is 12.0. The normalized spacial score (nSPS) is 26.0. The average molecular weight is 238 g/mol. The van der Waals surface area contributed by atoms with Crippen LogP contribution in [-0.4, -0.2) is 42.8 Å². The van der Waals surface area contributed by atoms with Gasteiger partial charge in [0.25, 0.3) is 0 Å². The molecule has 1 saturated heterocycles. The summed E-state index contributed by atoms with van der Waals surface area (Å²) in [6.45, 7) is 3.14. The Bertz CT molecular complexity index is 417. The minimum absolute atomic E-state index is 0.541. The molecule has 0 spiro atoms. The summed E-state index contributed by atoms with van der Waals surface area (Å²) in [5, 5.41) is 17.2. The number of nitrogens with zero attached hydrogens (tertiary/aromatic N) is 4. The minimum atomic E-state index is -0.774. The summed E-state index contributed by atoms with van der Waals surface area (Å²) in [5.74, 6) is 0.0544. The van der Waals surface area contributed by atoms with Crippen LogP contribution in [0.15, 0.2) is 6.33 Å². The molecule has 6 heteroatoms. The zero-order valence-corrected chi connectivity index (χ0v) is 10.3. The number of hydrogen-bond donors (Lipinski definition) is 1. The van der Waals surface area contributed by atoms with Crippen molar-refractivity contribution in [1.29, 1.82) is 0 Å². The molecule has 1 aliphatic rings. The van der Waals surface area contributed by atoms with Crippen LogP contribution in [0.3, 0.4) is 0 Å². The number of hydrogen-bond acceptors (Lipinski definition) is 4. The summed E-state index contributed by atoms with van der Waals surface area (Å²) < 4.78 is 1.83. The smallest absolute Gasteiger partial charge is 0.323 e. The summed E-state index contributed by atoms with van der Waals surface area (Å²) in [5.41, 5.74) is -0.774. The lowest BCUT2D eigenvalue weighted by Gasteiger charge is -2.41. The van der Waals surface area contributed by atoms with E-state index in [-0.39, 0.29) is 0 Å². The molecule has 0 radical (unpaired) electrons. The highest BCUT2D eigenvalue weighted by atomic mass is 16.4. The molecule has 1 atom stereocenters. The van der Waals surface area contributed by atoms with Crippen LogP contribution in [0, 0.1) is 0 Å². The van der Waals surface area contributed by atoms with Gasteiger partial charge in [-0.3, -0.25) is 9.69 Å². The van der Waals surface area contributed by atoms with Gasteiger partial charge in [0.15, 0.2) is 0 Å². The van der Waals surface area contributed by atoms with Gasteiger partial charge in [-0.1, -0.05) is 0 Å². The fraction of sp³-hybridized carbons (Fsp3) is 0.727. The van der Waals surface area contributed by atoms with E-state index in [1.165, 1.54) is 0 Å². The van der Waals surface area contributed by atoms with E-state index in [2.05, 4.69) is 10.2 Å². The first-order chi connectivity index (χ1) is 8.04. The lowest BCUT2D eigenvalue weighted by molar-refractivity contribution is -0.153. The number of aliphatic carboxylic acids is 1. The van der Waals surface area contributed by atoms with Crippen LogP contribution >= 0.6 is 0 Å². The van der Waals surface area contributed by atoms with Crippen molar-refractivity contribution in [2.45, 2.75) is 38.3 Å². The van der Waals surface area contributed by atoms with E-state index in [4.69, 9.17) is 0 Å². The molecule has 6 nitrogen and oxygen atoms in total. The molecule has 2 rings (SSSR count). The molecule has 0 aliphatic carbocycles. The van der Waals surface area contributed by atoms with E-state index in [0.717, 1.165) is 25.2 Å². The lowest BCUT2D eigenvalue weighted by Crippen LogP contribution is -2.54. The third-order valence-electron chi connectivity index (χ3n) is 3.64. The zero-order valence-electron chi connectivity index (χ0n) is 10.3. The van der Waals surface area contributed by atoms with Crippen molar-refractivity contribution in [3.05, 3.63) is 12.2 Å². The first-order valence-corrected chi connectivity index (χ1v) is 5.85. The standard InChI is InChI=1S/C11H18N4O2/c1-11(10(16)17)5-3-4-6-15(11)7-9-13-12-8-14(9)2/h8H,3-7H2,1-2H3,(H,16,17). The highest BCUT2D eigenvalue weighted by Gasteiger charge is 2.41. The third kappa shape index (κ3) is 2.17. The molecule has 0 amide bonds. The number of likely N-dealkylation sites (tertiary alicyclic amines) is 1. The number of piperidine rings is 1. The van der Waals surface area contributed by atoms with Crippen LogP contribution in [0.25, 0.3) is 0 Å². The van der Waals surface area contributed by atoms with E-state index in [9.17, 15) is 9.90 Å². The largest absolute Gasteiger partial charge is 0.480 e. The van der Waals surface area contributed by atoms with Gasteiger partial charge in [0.2, 0.25) is 0 Å². The van der Waals surface area contributed by atoms with E-state index in [0.29, 0.717) is 13.0 Å².